The fraction of sp³-hybridized carbons (Fsp3) is 0.333. The zero-order chi connectivity index (χ0) is 18.0. The lowest BCUT2D eigenvalue weighted by Crippen LogP contribution is -2.35. The van der Waals surface area contributed by atoms with Gasteiger partial charge in [-0.15, -0.1) is 0 Å². The number of sulfonamides is 1. The molecule has 0 atom stereocenters. The van der Waals surface area contributed by atoms with Crippen LogP contribution in [0.5, 0.6) is 0 Å². The summed E-state index contributed by atoms with van der Waals surface area (Å²) in [4.78, 5) is 0. The van der Waals surface area contributed by atoms with Gasteiger partial charge < -0.3 is 0 Å². The van der Waals surface area contributed by atoms with Gasteiger partial charge in [0.1, 0.15) is 17.5 Å². The lowest BCUT2D eigenvalue weighted by molar-refractivity contribution is 0.391. The maximum atomic E-state index is 13.9. The van der Waals surface area contributed by atoms with Gasteiger partial charge in [-0.25, -0.2) is 21.6 Å². The van der Waals surface area contributed by atoms with E-state index in [9.17, 15) is 21.6 Å². The Labute approximate surface area is 145 Å². The maximum absolute atomic E-state index is 13.9. The molecule has 0 saturated heterocycles. The number of rotatable bonds is 7. The summed E-state index contributed by atoms with van der Waals surface area (Å²) in [5.41, 5.74) is 0.868. The summed E-state index contributed by atoms with van der Waals surface area (Å²) >= 11 is 0. The Kier molecular flexibility index (Phi) is 5.15. The second-order valence-electron chi connectivity index (χ2n) is 6.20. The van der Waals surface area contributed by atoms with E-state index in [-0.39, 0.29) is 36.1 Å². The second kappa shape index (κ2) is 7.17. The molecule has 0 heterocycles. The minimum Gasteiger partial charge on any atom is -0.212 e. The third-order valence-electron chi connectivity index (χ3n) is 4.21. The molecule has 3 nitrogen and oxygen atoms in total. The average molecular weight is 369 g/mol. The van der Waals surface area contributed by atoms with Crippen LogP contribution in [0.1, 0.15) is 24.0 Å². The molecule has 0 amide bonds. The lowest BCUT2D eigenvalue weighted by Gasteiger charge is -2.22. The molecule has 7 heteroatoms. The molecule has 0 bridgehead atoms. The normalized spacial score (nSPS) is 14.9. The summed E-state index contributed by atoms with van der Waals surface area (Å²) in [7, 11) is -3.61. The molecule has 0 spiro atoms. The molecule has 0 aliphatic heterocycles. The SMILES string of the molecule is O=S(=O)(CCc1ccc(F)cc1)N(Cc1ccc(F)cc1F)C1CC1. The quantitative estimate of drug-likeness (QED) is 0.747. The van der Waals surface area contributed by atoms with E-state index >= 15 is 0 Å². The van der Waals surface area contributed by atoms with Crippen molar-refractivity contribution in [2.24, 2.45) is 0 Å². The first-order valence-corrected chi connectivity index (χ1v) is 9.64. The van der Waals surface area contributed by atoms with Gasteiger partial charge in [-0.05, 0) is 43.0 Å². The van der Waals surface area contributed by atoms with Crippen molar-refractivity contribution in [1.29, 1.82) is 0 Å². The number of aryl methyl sites for hydroxylation is 1. The van der Waals surface area contributed by atoms with Crippen molar-refractivity contribution in [2.45, 2.75) is 31.8 Å². The van der Waals surface area contributed by atoms with Crippen LogP contribution >= 0.6 is 0 Å². The molecule has 3 rings (SSSR count). The first-order valence-electron chi connectivity index (χ1n) is 8.03. The molecule has 1 aliphatic carbocycles. The maximum Gasteiger partial charge on any atom is 0.214 e. The predicted molar refractivity (Wildman–Crippen MR) is 88.8 cm³/mol. The summed E-state index contributed by atoms with van der Waals surface area (Å²) in [6, 6.07) is 8.68. The molecule has 1 fully saturated rings. The van der Waals surface area contributed by atoms with Gasteiger partial charge in [0.05, 0.1) is 5.75 Å². The predicted octanol–water partition coefficient (Wildman–Crippen LogP) is 3.64. The second-order valence-corrected chi connectivity index (χ2v) is 8.25. The Hall–Kier alpha value is -1.86. The zero-order valence-electron chi connectivity index (χ0n) is 13.5. The highest BCUT2D eigenvalue weighted by atomic mass is 32.2. The van der Waals surface area contributed by atoms with E-state index in [4.69, 9.17) is 0 Å². The topological polar surface area (TPSA) is 37.4 Å². The fourth-order valence-corrected chi connectivity index (χ4v) is 4.38. The van der Waals surface area contributed by atoms with Crippen LogP contribution in [0.3, 0.4) is 0 Å². The van der Waals surface area contributed by atoms with Crippen molar-refractivity contribution < 1.29 is 21.6 Å². The molecule has 2 aromatic carbocycles. The van der Waals surface area contributed by atoms with E-state index in [1.165, 1.54) is 22.5 Å². The van der Waals surface area contributed by atoms with Crippen molar-refractivity contribution in [3.8, 4) is 0 Å². The van der Waals surface area contributed by atoms with Crippen molar-refractivity contribution >= 4 is 10.0 Å². The number of nitrogens with zero attached hydrogens (tertiary/aromatic N) is 1. The van der Waals surface area contributed by atoms with E-state index in [2.05, 4.69) is 0 Å². The van der Waals surface area contributed by atoms with Gasteiger partial charge in [-0.2, -0.15) is 4.31 Å². The highest BCUT2D eigenvalue weighted by molar-refractivity contribution is 7.89. The third-order valence-corrected chi connectivity index (χ3v) is 6.08. The summed E-state index contributed by atoms with van der Waals surface area (Å²) in [6.07, 6.45) is 1.72. The van der Waals surface area contributed by atoms with Crippen LogP contribution < -0.4 is 0 Å². The molecule has 0 unspecified atom stereocenters. The van der Waals surface area contributed by atoms with Crippen molar-refractivity contribution in [2.75, 3.05) is 5.75 Å². The van der Waals surface area contributed by atoms with E-state index in [1.807, 2.05) is 0 Å². The van der Waals surface area contributed by atoms with Crippen LogP contribution in [0.2, 0.25) is 0 Å². The van der Waals surface area contributed by atoms with Crippen LogP contribution in [-0.4, -0.2) is 24.5 Å². The van der Waals surface area contributed by atoms with Gasteiger partial charge >= 0.3 is 0 Å². The molecule has 1 aliphatic rings. The van der Waals surface area contributed by atoms with Gasteiger partial charge in [-0.1, -0.05) is 18.2 Å². The van der Waals surface area contributed by atoms with Crippen molar-refractivity contribution in [3.05, 3.63) is 71.0 Å². The summed E-state index contributed by atoms with van der Waals surface area (Å²) in [5.74, 6) is -1.96. The van der Waals surface area contributed by atoms with Gasteiger partial charge in [0.25, 0.3) is 0 Å². The molecular formula is C18H18F3NO2S. The minimum absolute atomic E-state index is 0.109. The van der Waals surface area contributed by atoms with Crippen LogP contribution in [0.15, 0.2) is 42.5 Å². The highest BCUT2D eigenvalue weighted by Crippen LogP contribution is 2.31. The Bertz CT molecular complexity index is 849. The first-order chi connectivity index (χ1) is 11.8. The Morgan fingerprint density at radius 2 is 1.60 bits per heavy atom. The molecule has 0 aromatic heterocycles. The molecule has 2 aromatic rings. The van der Waals surface area contributed by atoms with Gasteiger partial charge in [0.2, 0.25) is 10.0 Å². The third kappa shape index (κ3) is 4.61. The fourth-order valence-electron chi connectivity index (χ4n) is 2.65. The first kappa shape index (κ1) is 17.9. The molecular weight excluding hydrogens is 351 g/mol. The average Bonchev–Trinajstić information content (AvgIpc) is 3.38. The number of hydrogen-bond donors (Lipinski definition) is 0. The molecule has 134 valence electrons. The number of hydrogen-bond acceptors (Lipinski definition) is 2. The van der Waals surface area contributed by atoms with E-state index in [0.29, 0.717) is 5.56 Å². The largest absolute Gasteiger partial charge is 0.214 e. The van der Waals surface area contributed by atoms with Crippen molar-refractivity contribution in [3.63, 3.8) is 0 Å². The number of benzene rings is 2. The minimum atomic E-state index is -3.61. The summed E-state index contributed by atoms with van der Waals surface area (Å²) < 4.78 is 66.5. The smallest absolute Gasteiger partial charge is 0.212 e. The number of halogens is 3. The molecule has 25 heavy (non-hydrogen) atoms. The molecule has 1 saturated carbocycles. The highest BCUT2D eigenvalue weighted by Gasteiger charge is 2.37. The van der Waals surface area contributed by atoms with Crippen molar-refractivity contribution in [1.82, 2.24) is 4.31 Å². The van der Waals surface area contributed by atoms with E-state index < -0.39 is 21.7 Å². The van der Waals surface area contributed by atoms with Gasteiger partial charge in [0.15, 0.2) is 0 Å². The molecule has 0 N–H and O–H groups in total. The van der Waals surface area contributed by atoms with Crippen LogP contribution in [0.4, 0.5) is 13.2 Å². The standard InChI is InChI=1S/C18H18F3NO2S/c19-15-4-1-13(2-5-15)9-10-25(23,24)22(17-7-8-17)12-14-3-6-16(20)11-18(14)21/h1-6,11,17H,7-10,12H2. The van der Waals surface area contributed by atoms with Gasteiger partial charge in [0, 0.05) is 24.2 Å². The molecule has 0 radical (unpaired) electrons. The van der Waals surface area contributed by atoms with Crippen LogP contribution in [-0.2, 0) is 23.0 Å². The van der Waals surface area contributed by atoms with Crippen LogP contribution in [0, 0.1) is 17.5 Å². The summed E-state index contributed by atoms with van der Waals surface area (Å²) in [6.45, 7) is -0.109. The Morgan fingerprint density at radius 1 is 0.960 bits per heavy atom. The van der Waals surface area contributed by atoms with E-state index in [1.54, 1.807) is 12.1 Å². The lowest BCUT2D eigenvalue weighted by atomic mass is 10.2. The zero-order valence-corrected chi connectivity index (χ0v) is 14.3. The Balaban J connectivity index is 1.73. The summed E-state index contributed by atoms with van der Waals surface area (Å²) in [5, 5.41) is 0. The monoisotopic (exact) mass is 369 g/mol. The van der Waals surface area contributed by atoms with Gasteiger partial charge in [-0.3, -0.25) is 0 Å². The van der Waals surface area contributed by atoms with Crippen LogP contribution in [0.25, 0.3) is 0 Å². The Morgan fingerprint density at radius 3 is 2.20 bits per heavy atom. The van der Waals surface area contributed by atoms with E-state index in [0.717, 1.165) is 25.0 Å².